The molecule has 2 heterocycles. The smallest absolute Gasteiger partial charge is 0.328 e. The average molecular weight is 589 g/mol. The Bertz CT molecular complexity index is 1540. The molecule has 0 radical (unpaired) electrons. The number of aromatic amines is 1. The van der Waals surface area contributed by atoms with E-state index in [0.29, 0.717) is 59.8 Å². The Morgan fingerprint density at radius 2 is 1.93 bits per heavy atom. The van der Waals surface area contributed by atoms with Gasteiger partial charge in [0.05, 0.1) is 24.1 Å². The van der Waals surface area contributed by atoms with Crippen LogP contribution in [0.15, 0.2) is 51.0 Å². The first-order valence-electron chi connectivity index (χ1n) is 13.9. The summed E-state index contributed by atoms with van der Waals surface area (Å²) < 4.78 is 47.9. The summed E-state index contributed by atoms with van der Waals surface area (Å²) in [4.78, 5) is 35.8. The number of alkyl halides is 2. The van der Waals surface area contributed by atoms with Crippen molar-refractivity contribution < 1.29 is 17.9 Å². The van der Waals surface area contributed by atoms with E-state index in [0.717, 1.165) is 11.1 Å². The van der Waals surface area contributed by atoms with Crippen molar-refractivity contribution in [3.8, 4) is 5.75 Å². The molecule has 0 spiro atoms. The number of rotatable bonds is 6. The number of guanidine groups is 1. The number of anilines is 1. The average Bonchev–Trinajstić information content (AvgIpc) is 2.94. The molecule has 3 N–H and O–H groups in total. The molecule has 1 aromatic heterocycles. The molecule has 0 bridgehead atoms. The van der Waals surface area contributed by atoms with E-state index in [1.807, 2.05) is 0 Å². The topological polar surface area (TPSA) is 104 Å². The van der Waals surface area contributed by atoms with Crippen LogP contribution in [0, 0.1) is 5.82 Å². The third-order valence-corrected chi connectivity index (χ3v) is 7.76. The van der Waals surface area contributed by atoms with Gasteiger partial charge in [0.1, 0.15) is 11.6 Å². The normalized spacial score (nSPS) is 19.4. The van der Waals surface area contributed by atoms with Crippen LogP contribution in [-0.4, -0.2) is 65.2 Å². The van der Waals surface area contributed by atoms with Crippen LogP contribution in [0.25, 0.3) is 10.9 Å². The maximum Gasteiger partial charge on any atom is 0.328 e. The molecule has 1 atom stereocenters. The number of benzene rings is 2. The first-order valence-corrected chi connectivity index (χ1v) is 13.9. The Morgan fingerprint density at radius 1 is 1.17 bits per heavy atom. The lowest BCUT2D eigenvalue weighted by atomic mass is 9.93. The molecule has 2 aromatic carbocycles. The zero-order valence-corrected chi connectivity index (χ0v) is 23.2. The number of nitrogens with zero attached hydrogens (tertiary/aromatic N) is 3. The minimum Gasteiger partial charge on any atom is -0.497 e. The fourth-order valence-electron chi connectivity index (χ4n) is 5.40. The minimum atomic E-state index is -2.64. The molecule has 12 heteroatoms. The molecule has 3 aromatic rings. The Balaban J connectivity index is 0.00000405. The third-order valence-electron chi connectivity index (χ3n) is 7.76. The maximum absolute atomic E-state index is 14.4. The Labute approximate surface area is 242 Å². The number of aromatic nitrogens is 2. The predicted molar refractivity (Wildman–Crippen MR) is 160 cm³/mol. The van der Waals surface area contributed by atoms with E-state index in [4.69, 9.17) is 9.73 Å². The third kappa shape index (κ3) is 7.15. The van der Waals surface area contributed by atoms with Crippen molar-refractivity contribution in [2.75, 3.05) is 32.1 Å². The Hall–Kier alpha value is -3.80. The van der Waals surface area contributed by atoms with Gasteiger partial charge >= 0.3 is 5.69 Å². The molecule has 0 amide bonds. The quantitative estimate of drug-likeness (QED) is 0.292. The van der Waals surface area contributed by atoms with Crippen LogP contribution in [0.2, 0.25) is 0 Å². The first kappa shape index (κ1) is 31.1. The molecule has 0 unspecified atom stereocenters. The van der Waals surface area contributed by atoms with Crippen LogP contribution in [0.3, 0.4) is 0 Å². The largest absolute Gasteiger partial charge is 0.497 e. The van der Waals surface area contributed by atoms with Crippen molar-refractivity contribution in [2.45, 2.75) is 71.0 Å². The van der Waals surface area contributed by atoms with Crippen molar-refractivity contribution in [1.29, 1.82) is 0 Å². The van der Waals surface area contributed by atoms with Crippen molar-refractivity contribution >= 4 is 22.5 Å². The molecule has 42 heavy (non-hydrogen) atoms. The van der Waals surface area contributed by atoms with Crippen molar-refractivity contribution in [3.63, 3.8) is 0 Å². The highest BCUT2D eigenvalue weighted by Gasteiger charge is 2.35. The summed E-state index contributed by atoms with van der Waals surface area (Å²) in [5.41, 5.74) is 0.255. The standard InChI is InChI=1S/C29H35F3N6O3.CH4/c1-18-17-37(14-12-33-18)27(34-20-7-10-29(31,32)11-8-20)35-21-4-6-23-25(15-21)36-28(40)38(26(23)39)13-9-19-3-5-22(41-2)16-24(19)30;/h3-6,15-16,18,20,33H,7-14,17H2,1-2H3,(H,34,35)(H,36,40);1H4/t18-;/m0./s1. The summed E-state index contributed by atoms with van der Waals surface area (Å²) in [6.45, 7) is 4.22. The van der Waals surface area contributed by atoms with E-state index >= 15 is 0 Å². The van der Waals surface area contributed by atoms with Gasteiger partial charge in [-0.25, -0.2) is 23.0 Å². The summed E-state index contributed by atoms with van der Waals surface area (Å²) in [6, 6.07) is 9.49. The van der Waals surface area contributed by atoms with E-state index in [9.17, 15) is 22.8 Å². The summed E-state index contributed by atoms with van der Waals surface area (Å²) in [7, 11) is 1.45. The van der Waals surface area contributed by atoms with Gasteiger partial charge in [0.2, 0.25) is 5.92 Å². The summed E-state index contributed by atoms with van der Waals surface area (Å²) in [6.07, 6.45) is 0.414. The highest BCUT2D eigenvalue weighted by atomic mass is 19.3. The summed E-state index contributed by atoms with van der Waals surface area (Å²) in [5.74, 6) is -2.13. The molecule has 1 saturated carbocycles. The number of aryl methyl sites for hydroxylation is 1. The molecular formula is C30H39F3N6O3. The van der Waals surface area contributed by atoms with Crippen LogP contribution in [0.1, 0.15) is 45.6 Å². The number of methoxy groups -OCH3 is 1. The van der Waals surface area contributed by atoms with Gasteiger partial charge in [-0.15, -0.1) is 0 Å². The molecule has 9 nitrogen and oxygen atoms in total. The number of fused-ring (bicyclic) bond motifs is 1. The zero-order valence-electron chi connectivity index (χ0n) is 23.2. The van der Waals surface area contributed by atoms with Gasteiger partial charge in [0.15, 0.2) is 5.96 Å². The lowest BCUT2D eigenvalue weighted by Gasteiger charge is -2.35. The van der Waals surface area contributed by atoms with Gasteiger partial charge in [0.25, 0.3) is 5.56 Å². The van der Waals surface area contributed by atoms with Gasteiger partial charge in [0, 0.05) is 56.8 Å². The van der Waals surface area contributed by atoms with Crippen molar-refractivity contribution in [2.24, 2.45) is 4.99 Å². The number of hydrogen-bond donors (Lipinski definition) is 3. The minimum absolute atomic E-state index is 0. The second-order valence-electron chi connectivity index (χ2n) is 10.8. The molecule has 1 aliphatic carbocycles. The van der Waals surface area contributed by atoms with Crippen molar-refractivity contribution in [3.05, 3.63) is 68.6 Å². The molecule has 228 valence electrons. The SMILES string of the molecule is C.COc1ccc(CCn2c(=O)[nH]c3cc(NC(=NC4CCC(F)(F)CC4)N4CCN[C@@H](C)C4)ccc3c2=O)c(F)c1. The number of aliphatic imine (C=N–C) groups is 1. The van der Waals surface area contributed by atoms with Crippen LogP contribution in [0.5, 0.6) is 5.75 Å². The maximum atomic E-state index is 14.4. The van der Waals surface area contributed by atoms with Gasteiger partial charge in [-0.3, -0.25) is 9.36 Å². The molecule has 2 fully saturated rings. The van der Waals surface area contributed by atoms with Crippen LogP contribution < -0.4 is 26.6 Å². The zero-order chi connectivity index (χ0) is 29.1. The second-order valence-corrected chi connectivity index (χ2v) is 10.8. The van der Waals surface area contributed by atoms with Gasteiger partial charge in [-0.05, 0) is 56.0 Å². The molecule has 1 aliphatic heterocycles. The Morgan fingerprint density at radius 3 is 2.62 bits per heavy atom. The lowest BCUT2D eigenvalue weighted by molar-refractivity contribution is -0.0374. The number of H-pyrrole nitrogens is 1. The van der Waals surface area contributed by atoms with Gasteiger partial charge in [-0.2, -0.15) is 0 Å². The number of hydrogen-bond acceptors (Lipinski definition) is 5. The van der Waals surface area contributed by atoms with Crippen LogP contribution in [-0.2, 0) is 13.0 Å². The van der Waals surface area contributed by atoms with E-state index < -0.39 is 23.0 Å². The number of piperazine rings is 1. The fraction of sp³-hybridized carbons (Fsp3) is 0.500. The van der Waals surface area contributed by atoms with E-state index in [1.165, 1.54) is 13.2 Å². The van der Waals surface area contributed by atoms with Crippen molar-refractivity contribution in [1.82, 2.24) is 19.8 Å². The number of nitrogens with one attached hydrogen (secondary N) is 3. The summed E-state index contributed by atoms with van der Waals surface area (Å²) in [5, 5.41) is 7.03. The highest BCUT2D eigenvalue weighted by Crippen LogP contribution is 2.34. The van der Waals surface area contributed by atoms with Crippen LogP contribution >= 0.6 is 0 Å². The van der Waals surface area contributed by atoms with Gasteiger partial charge < -0.3 is 25.3 Å². The molecular weight excluding hydrogens is 549 g/mol. The molecule has 1 saturated heterocycles. The van der Waals surface area contributed by atoms with Crippen LogP contribution in [0.4, 0.5) is 18.9 Å². The van der Waals surface area contributed by atoms with E-state index in [2.05, 4.69) is 27.4 Å². The second kappa shape index (κ2) is 13.0. The first-order chi connectivity index (χ1) is 19.6. The fourth-order valence-corrected chi connectivity index (χ4v) is 5.40. The number of ether oxygens (including phenoxy) is 1. The van der Waals surface area contributed by atoms with E-state index in [-0.39, 0.29) is 45.3 Å². The highest BCUT2D eigenvalue weighted by molar-refractivity contribution is 5.96. The lowest BCUT2D eigenvalue weighted by Crippen LogP contribution is -2.53. The molecule has 5 rings (SSSR count). The number of halogens is 3. The monoisotopic (exact) mass is 588 g/mol. The predicted octanol–water partition coefficient (Wildman–Crippen LogP) is 4.36. The Kier molecular flexibility index (Phi) is 9.65. The molecule has 2 aliphatic rings. The summed E-state index contributed by atoms with van der Waals surface area (Å²) >= 11 is 0. The van der Waals surface area contributed by atoms with Gasteiger partial charge in [-0.1, -0.05) is 13.5 Å². The van der Waals surface area contributed by atoms with E-state index in [1.54, 1.807) is 30.3 Å².